The first-order chi connectivity index (χ1) is 10.2. The lowest BCUT2D eigenvalue weighted by molar-refractivity contribution is 0.0958. The van der Waals surface area contributed by atoms with Crippen LogP contribution in [0.3, 0.4) is 0 Å². The number of hydrogen-bond acceptors (Lipinski definition) is 6. The highest BCUT2D eigenvalue weighted by atomic mass is 32.1. The van der Waals surface area contributed by atoms with Gasteiger partial charge in [0.15, 0.2) is 0 Å². The molecule has 7 heteroatoms. The van der Waals surface area contributed by atoms with Gasteiger partial charge in [-0.15, -0.1) is 11.3 Å². The van der Waals surface area contributed by atoms with Crippen molar-refractivity contribution < 1.29 is 9.53 Å². The largest absolute Gasteiger partial charge is 0.396 e. The zero-order valence-corrected chi connectivity index (χ0v) is 13.3. The smallest absolute Gasteiger partial charge is 0.263 e. The Kier molecular flexibility index (Phi) is 7.58. The first-order valence-corrected chi connectivity index (χ1v) is 7.89. The van der Waals surface area contributed by atoms with E-state index >= 15 is 0 Å². The second kappa shape index (κ2) is 9.21. The first kappa shape index (κ1) is 17.3. The molecule has 1 aromatic rings. The van der Waals surface area contributed by atoms with E-state index in [1.54, 1.807) is 0 Å². The number of nitrogens with one attached hydrogen (secondary N) is 2. The quantitative estimate of drug-likeness (QED) is 0.607. The maximum Gasteiger partial charge on any atom is 0.263 e. The van der Waals surface area contributed by atoms with E-state index in [4.69, 9.17) is 10.5 Å². The normalized spacial score (nSPS) is 10.1. The number of carbonyl (C=O) groups is 1. The molecule has 0 unspecified atom stereocenters. The first-order valence-electron chi connectivity index (χ1n) is 7.07. The molecule has 21 heavy (non-hydrogen) atoms. The predicted octanol–water partition coefficient (Wildman–Crippen LogP) is 2.18. The molecule has 6 nitrogen and oxygen atoms in total. The van der Waals surface area contributed by atoms with Crippen LogP contribution in [0.2, 0.25) is 0 Å². The van der Waals surface area contributed by atoms with Gasteiger partial charge in [0.1, 0.15) is 21.5 Å². The van der Waals surface area contributed by atoms with Crippen LogP contribution in [0.4, 0.5) is 10.7 Å². The highest BCUT2D eigenvalue weighted by molar-refractivity contribution is 7.18. The van der Waals surface area contributed by atoms with E-state index in [0.717, 1.165) is 12.8 Å². The number of thiophene rings is 1. The molecule has 4 N–H and O–H groups in total. The Bertz CT molecular complexity index is 508. The van der Waals surface area contributed by atoms with Crippen LogP contribution in [-0.2, 0) is 4.74 Å². The van der Waals surface area contributed by atoms with Gasteiger partial charge in [-0.25, -0.2) is 0 Å². The topological polar surface area (TPSA) is 100 Å². The van der Waals surface area contributed by atoms with E-state index in [9.17, 15) is 10.1 Å². The molecule has 0 radical (unpaired) electrons. The van der Waals surface area contributed by atoms with Gasteiger partial charge in [-0.1, -0.05) is 6.92 Å². The third kappa shape index (κ3) is 4.92. The number of carbonyl (C=O) groups excluding carboxylic acids is 1. The molecule has 116 valence electrons. The predicted molar refractivity (Wildman–Crippen MR) is 85.7 cm³/mol. The van der Waals surface area contributed by atoms with Gasteiger partial charge in [0.05, 0.1) is 5.69 Å². The van der Waals surface area contributed by atoms with Crippen molar-refractivity contribution in [1.29, 1.82) is 5.26 Å². The van der Waals surface area contributed by atoms with Gasteiger partial charge in [-0.3, -0.25) is 4.79 Å². The van der Waals surface area contributed by atoms with Crippen LogP contribution in [0.25, 0.3) is 0 Å². The third-order valence-electron chi connectivity index (χ3n) is 2.75. The number of hydrogen-bond donors (Lipinski definition) is 3. The molecule has 0 fully saturated rings. The van der Waals surface area contributed by atoms with Crippen LogP contribution in [0, 0.1) is 11.3 Å². The van der Waals surface area contributed by atoms with Crippen LogP contribution in [-0.4, -0.2) is 32.2 Å². The van der Waals surface area contributed by atoms with Gasteiger partial charge in [-0.05, 0) is 19.8 Å². The number of amides is 1. The highest BCUT2D eigenvalue weighted by Gasteiger charge is 2.20. The van der Waals surface area contributed by atoms with Crippen LogP contribution < -0.4 is 16.4 Å². The summed E-state index contributed by atoms with van der Waals surface area (Å²) in [5.41, 5.74) is 6.50. The number of nitrogens with zero attached hydrogens (tertiary/aromatic N) is 1. The summed E-state index contributed by atoms with van der Waals surface area (Å²) in [5, 5.41) is 15.8. The Morgan fingerprint density at radius 2 is 2.19 bits per heavy atom. The summed E-state index contributed by atoms with van der Waals surface area (Å²) >= 11 is 1.22. The Hall–Kier alpha value is -1.78. The van der Waals surface area contributed by atoms with Crippen molar-refractivity contribution in [2.75, 3.05) is 37.4 Å². The van der Waals surface area contributed by atoms with Gasteiger partial charge in [0.25, 0.3) is 5.91 Å². The lowest BCUT2D eigenvalue weighted by atomic mass is 10.2. The molecule has 0 saturated carbocycles. The fraction of sp³-hybridized carbons (Fsp3) is 0.571. The standard InChI is InChI=1S/C14H22N4O2S/c1-3-6-17-13(19)12-11(16)10(9-15)14(21-12)18-7-5-8-20-4-2/h18H,3-8,16H2,1-2H3,(H,17,19). The molecule has 0 bridgehead atoms. The average Bonchev–Trinajstić information content (AvgIpc) is 2.80. The SMILES string of the molecule is CCCNC(=O)c1sc(NCCCOCC)c(C#N)c1N. The van der Waals surface area contributed by atoms with Crippen LogP contribution >= 0.6 is 11.3 Å². The molecular formula is C14H22N4O2S. The lowest BCUT2D eigenvalue weighted by Crippen LogP contribution is -2.23. The minimum atomic E-state index is -0.224. The zero-order chi connectivity index (χ0) is 15.7. The number of ether oxygens (including phenoxy) is 1. The summed E-state index contributed by atoms with van der Waals surface area (Å²) in [6.45, 7) is 6.54. The fourth-order valence-corrected chi connectivity index (χ4v) is 2.70. The van der Waals surface area contributed by atoms with Crippen molar-refractivity contribution in [2.45, 2.75) is 26.7 Å². The van der Waals surface area contributed by atoms with E-state index in [0.29, 0.717) is 41.7 Å². The maximum absolute atomic E-state index is 12.0. The molecule has 1 heterocycles. The van der Waals surface area contributed by atoms with Gasteiger partial charge in [0, 0.05) is 26.3 Å². The molecule has 0 aromatic carbocycles. The summed E-state index contributed by atoms with van der Waals surface area (Å²) in [4.78, 5) is 12.4. The second-order valence-electron chi connectivity index (χ2n) is 4.39. The Morgan fingerprint density at radius 3 is 2.81 bits per heavy atom. The van der Waals surface area contributed by atoms with Crippen molar-refractivity contribution in [3.8, 4) is 6.07 Å². The van der Waals surface area contributed by atoms with Crippen molar-refractivity contribution in [3.05, 3.63) is 10.4 Å². The van der Waals surface area contributed by atoms with Crippen molar-refractivity contribution >= 4 is 27.9 Å². The van der Waals surface area contributed by atoms with E-state index < -0.39 is 0 Å². The molecule has 0 spiro atoms. The maximum atomic E-state index is 12.0. The molecular weight excluding hydrogens is 288 g/mol. The third-order valence-corrected chi connectivity index (χ3v) is 3.92. The monoisotopic (exact) mass is 310 g/mol. The van der Waals surface area contributed by atoms with Crippen LogP contribution in [0.5, 0.6) is 0 Å². The number of nitrogens with two attached hydrogens (primary N) is 1. The second-order valence-corrected chi connectivity index (χ2v) is 5.41. The zero-order valence-electron chi connectivity index (χ0n) is 12.5. The Morgan fingerprint density at radius 1 is 1.43 bits per heavy atom. The molecule has 0 aliphatic carbocycles. The van der Waals surface area contributed by atoms with Crippen molar-refractivity contribution in [2.24, 2.45) is 0 Å². The Balaban J connectivity index is 2.72. The molecule has 0 atom stereocenters. The van der Waals surface area contributed by atoms with Crippen LogP contribution in [0.15, 0.2) is 0 Å². The summed E-state index contributed by atoms with van der Waals surface area (Å²) in [6.07, 6.45) is 1.68. The molecule has 1 amide bonds. The van der Waals surface area contributed by atoms with E-state index in [1.165, 1.54) is 11.3 Å². The van der Waals surface area contributed by atoms with Crippen molar-refractivity contribution in [1.82, 2.24) is 5.32 Å². The number of rotatable bonds is 9. The van der Waals surface area contributed by atoms with Gasteiger partial charge in [0.2, 0.25) is 0 Å². The van der Waals surface area contributed by atoms with E-state index in [1.807, 2.05) is 13.8 Å². The molecule has 0 saturated heterocycles. The number of nitrogen functional groups attached to an aromatic ring is 1. The molecule has 0 aliphatic rings. The van der Waals surface area contributed by atoms with Gasteiger partial charge < -0.3 is 21.1 Å². The van der Waals surface area contributed by atoms with Gasteiger partial charge in [-0.2, -0.15) is 5.26 Å². The lowest BCUT2D eigenvalue weighted by Gasteiger charge is -2.04. The Labute approximate surface area is 129 Å². The summed E-state index contributed by atoms with van der Waals surface area (Å²) < 4.78 is 5.25. The molecule has 1 rings (SSSR count). The van der Waals surface area contributed by atoms with Gasteiger partial charge >= 0.3 is 0 Å². The van der Waals surface area contributed by atoms with Crippen LogP contribution in [0.1, 0.15) is 41.9 Å². The van der Waals surface area contributed by atoms with E-state index in [-0.39, 0.29) is 11.6 Å². The summed E-state index contributed by atoms with van der Waals surface area (Å²) in [5.74, 6) is -0.224. The number of nitriles is 1. The average molecular weight is 310 g/mol. The number of anilines is 2. The highest BCUT2D eigenvalue weighted by Crippen LogP contribution is 2.35. The molecule has 1 aromatic heterocycles. The summed E-state index contributed by atoms with van der Waals surface area (Å²) in [6, 6.07) is 2.06. The molecule has 0 aliphatic heterocycles. The fourth-order valence-electron chi connectivity index (χ4n) is 1.69. The minimum absolute atomic E-state index is 0.224. The minimum Gasteiger partial charge on any atom is -0.396 e. The summed E-state index contributed by atoms with van der Waals surface area (Å²) in [7, 11) is 0. The van der Waals surface area contributed by atoms with E-state index in [2.05, 4.69) is 16.7 Å². The van der Waals surface area contributed by atoms with Crippen molar-refractivity contribution in [3.63, 3.8) is 0 Å².